The molecule has 1 unspecified atom stereocenters. The number of carboxylic acid groups (broad SMARTS) is 1. The van der Waals surface area contributed by atoms with Gasteiger partial charge in [0.25, 0.3) is 0 Å². The van der Waals surface area contributed by atoms with E-state index in [9.17, 15) is 19.5 Å². The number of benzene rings is 2. The van der Waals surface area contributed by atoms with Crippen LogP contribution in [0.2, 0.25) is 0 Å². The lowest BCUT2D eigenvalue weighted by Crippen LogP contribution is -2.58. The van der Waals surface area contributed by atoms with Gasteiger partial charge in [0.2, 0.25) is 5.91 Å². The fraction of sp³-hybridized carbons (Fsp3) is 0.423. The number of hydrogen-bond acceptors (Lipinski definition) is 5. The minimum atomic E-state index is -1.40. The van der Waals surface area contributed by atoms with E-state index in [-0.39, 0.29) is 18.9 Å². The summed E-state index contributed by atoms with van der Waals surface area (Å²) < 4.78 is 5.57. The van der Waals surface area contributed by atoms with Crippen molar-refractivity contribution in [3.05, 3.63) is 59.7 Å². The van der Waals surface area contributed by atoms with Crippen LogP contribution in [0.5, 0.6) is 0 Å². The van der Waals surface area contributed by atoms with Crippen molar-refractivity contribution in [2.24, 2.45) is 0 Å². The molecule has 0 aromatic heterocycles. The third-order valence-corrected chi connectivity index (χ3v) is 6.83. The van der Waals surface area contributed by atoms with Crippen molar-refractivity contribution in [2.45, 2.75) is 50.6 Å². The second-order valence-corrected chi connectivity index (χ2v) is 9.67. The van der Waals surface area contributed by atoms with Crippen LogP contribution < -0.4 is 10.6 Å². The van der Waals surface area contributed by atoms with Crippen molar-refractivity contribution in [1.82, 2.24) is 10.6 Å². The Labute approximate surface area is 204 Å². The number of carbonyl (C=O) groups is 3. The second kappa shape index (κ2) is 11.4. The molecule has 0 bridgehead atoms. The molecule has 1 aliphatic carbocycles. The van der Waals surface area contributed by atoms with Crippen molar-refractivity contribution < 1.29 is 24.2 Å². The highest BCUT2D eigenvalue weighted by molar-refractivity contribution is 7.98. The average Bonchev–Trinajstić information content (AvgIpc) is 3.14. The number of carboxylic acids is 1. The van der Waals surface area contributed by atoms with Gasteiger partial charge in [0, 0.05) is 5.92 Å². The Morgan fingerprint density at radius 2 is 1.68 bits per heavy atom. The summed E-state index contributed by atoms with van der Waals surface area (Å²) >= 11 is 1.54. The molecule has 2 aromatic rings. The van der Waals surface area contributed by atoms with Crippen molar-refractivity contribution in [3.63, 3.8) is 0 Å². The van der Waals surface area contributed by atoms with E-state index in [2.05, 4.69) is 22.8 Å². The molecule has 7 nitrogen and oxygen atoms in total. The van der Waals surface area contributed by atoms with Gasteiger partial charge in [0.1, 0.15) is 18.2 Å². The van der Waals surface area contributed by atoms with Gasteiger partial charge in [-0.25, -0.2) is 9.59 Å². The second-order valence-electron chi connectivity index (χ2n) is 8.68. The Hall–Kier alpha value is -3.00. The van der Waals surface area contributed by atoms with E-state index in [4.69, 9.17) is 4.74 Å². The van der Waals surface area contributed by atoms with Gasteiger partial charge in [-0.15, -0.1) is 0 Å². The molecule has 182 valence electrons. The third-order valence-electron chi connectivity index (χ3n) is 6.18. The molecule has 0 spiro atoms. The van der Waals surface area contributed by atoms with Gasteiger partial charge in [-0.1, -0.05) is 61.9 Å². The van der Waals surface area contributed by atoms with Gasteiger partial charge >= 0.3 is 12.1 Å². The maximum Gasteiger partial charge on any atom is 0.407 e. The zero-order chi connectivity index (χ0) is 24.7. The minimum Gasteiger partial charge on any atom is -0.480 e. The molecule has 2 amide bonds. The summed E-state index contributed by atoms with van der Waals surface area (Å²) in [6.45, 7) is 3.47. The minimum absolute atomic E-state index is 0.0866. The van der Waals surface area contributed by atoms with Crippen molar-refractivity contribution >= 4 is 29.7 Å². The maximum absolute atomic E-state index is 12.9. The fourth-order valence-corrected chi connectivity index (χ4v) is 4.84. The van der Waals surface area contributed by atoms with E-state index in [1.165, 1.54) is 18.7 Å². The predicted octanol–water partition coefficient (Wildman–Crippen LogP) is 4.41. The molecule has 0 saturated carbocycles. The zero-order valence-electron chi connectivity index (χ0n) is 19.8. The number of hydrogen-bond donors (Lipinski definition) is 3. The number of nitrogens with one attached hydrogen (secondary N) is 2. The van der Waals surface area contributed by atoms with Crippen LogP contribution >= 0.6 is 11.8 Å². The highest BCUT2D eigenvalue weighted by atomic mass is 32.2. The normalized spacial score (nSPS) is 14.9. The maximum atomic E-state index is 12.9. The van der Waals surface area contributed by atoms with E-state index in [1.54, 1.807) is 0 Å². The number of fused-ring (bicyclic) bond motifs is 3. The molecular formula is C26H32N2O5S. The van der Waals surface area contributed by atoms with Crippen LogP contribution in [0.15, 0.2) is 48.5 Å². The van der Waals surface area contributed by atoms with Gasteiger partial charge in [-0.2, -0.15) is 11.8 Å². The first-order valence-electron chi connectivity index (χ1n) is 11.5. The molecule has 2 aromatic carbocycles. The van der Waals surface area contributed by atoms with Crippen LogP contribution in [0.1, 0.15) is 50.2 Å². The summed E-state index contributed by atoms with van der Waals surface area (Å²) in [4.78, 5) is 37.3. The lowest BCUT2D eigenvalue weighted by atomic mass is 9.95. The summed E-state index contributed by atoms with van der Waals surface area (Å²) in [6.07, 6.45) is 2.45. The average molecular weight is 485 g/mol. The standard InChI is InChI=1S/C26H32N2O5S/c1-4-14-26(2,24(30)31)28-23(29)22(13-15-34-3)27-25(32)33-16-21-19-11-7-5-9-17(19)18-10-6-8-12-20(18)21/h5-12,21-22H,4,13-16H2,1-3H3,(H,27,32)(H,28,29)(H,30,31)/t22-,26?/m0/s1. The summed E-state index contributed by atoms with van der Waals surface area (Å²) in [5.41, 5.74) is 3.07. The van der Waals surface area contributed by atoms with Gasteiger partial charge in [-0.05, 0) is 54.0 Å². The highest BCUT2D eigenvalue weighted by Crippen LogP contribution is 2.44. The molecule has 0 radical (unpaired) electrons. The first-order valence-corrected chi connectivity index (χ1v) is 12.9. The molecule has 0 fully saturated rings. The number of thioether (sulfide) groups is 1. The topological polar surface area (TPSA) is 105 Å². The largest absolute Gasteiger partial charge is 0.480 e. The number of rotatable bonds is 11. The fourth-order valence-electron chi connectivity index (χ4n) is 4.37. The summed E-state index contributed by atoms with van der Waals surface area (Å²) in [5, 5.41) is 14.8. The molecule has 0 heterocycles. The van der Waals surface area contributed by atoms with E-state index in [0.29, 0.717) is 18.6 Å². The van der Waals surface area contributed by atoms with Crippen LogP contribution in [-0.4, -0.2) is 53.3 Å². The van der Waals surface area contributed by atoms with E-state index in [0.717, 1.165) is 22.3 Å². The van der Waals surface area contributed by atoms with E-state index < -0.39 is 29.6 Å². The number of carbonyl (C=O) groups excluding carboxylic acids is 2. The monoisotopic (exact) mass is 484 g/mol. The van der Waals surface area contributed by atoms with E-state index >= 15 is 0 Å². The van der Waals surface area contributed by atoms with Gasteiger partial charge in [0.15, 0.2) is 0 Å². The molecule has 0 saturated heterocycles. The number of amides is 2. The SMILES string of the molecule is CCCC(C)(NC(=O)[C@H](CCSC)NC(=O)OCC1c2ccccc2-c2ccccc21)C(=O)O. The molecule has 0 aliphatic heterocycles. The van der Waals surface area contributed by atoms with Crippen LogP contribution in [0.25, 0.3) is 11.1 Å². The van der Waals surface area contributed by atoms with Crippen LogP contribution in [0.3, 0.4) is 0 Å². The Morgan fingerprint density at radius 1 is 1.09 bits per heavy atom. The summed E-state index contributed by atoms with van der Waals surface area (Å²) in [7, 11) is 0. The first kappa shape index (κ1) is 25.6. The molecular weight excluding hydrogens is 452 g/mol. The lowest BCUT2D eigenvalue weighted by molar-refractivity contribution is -0.147. The molecule has 8 heteroatoms. The number of alkyl carbamates (subject to hydrolysis) is 1. The highest BCUT2D eigenvalue weighted by Gasteiger charge is 2.36. The Kier molecular flexibility index (Phi) is 8.61. The zero-order valence-corrected chi connectivity index (χ0v) is 20.6. The Bertz CT molecular complexity index is 998. The Balaban J connectivity index is 1.67. The van der Waals surface area contributed by atoms with Crippen LogP contribution in [-0.2, 0) is 14.3 Å². The van der Waals surface area contributed by atoms with Crippen molar-refractivity contribution in [1.29, 1.82) is 0 Å². The molecule has 2 atom stereocenters. The smallest absolute Gasteiger partial charge is 0.407 e. The summed E-state index contributed by atoms with van der Waals surface area (Å²) in [5.74, 6) is -1.09. The predicted molar refractivity (Wildman–Crippen MR) is 134 cm³/mol. The molecule has 1 aliphatic rings. The number of aliphatic carboxylic acids is 1. The lowest BCUT2D eigenvalue weighted by Gasteiger charge is -2.28. The molecule has 3 N–H and O–H groups in total. The summed E-state index contributed by atoms with van der Waals surface area (Å²) in [6, 6.07) is 15.2. The van der Waals surface area contributed by atoms with Crippen molar-refractivity contribution in [2.75, 3.05) is 18.6 Å². The number of ether oxygens (including phenoxy) is 1. The first-order chi connectivity index (χ1) is 16.3. The van der Waals surface area contributed by atoms with E-state index in [1.807, 2.05) is 49.6 Å². The van der Waals surface area contributed by atoms with Gasteiger partial charge < -0.3 is 20.5 Å². The van der Waals surface area contributed by atoms with Crippen LogP contribution in [0.4, 0.5) is 4.79 Å². The third kappa shape index (κ3) is 5.73. The quantitative estimate of drug-likeness (QED) is 0.437. The molecule has 34 heavy (non-hydrogen) atoms. The van der Waals surface area contributed by atoms with Crippen molar-refractivity contribution in [3.8, 4) is 11.1 Å². The van der Waals surface area contributed by atoms with Gasteiger partial charge in [0.05, 0.1) is 0 Å². The van der Waals surface area contributed by atoms with Gasteiger partial charge in [-0.3, -0.25) is 4.79 Å². The van der Waals surface area contributed by atoms with Crippen LogP contribution in [0, 0.1) is 0 Å². The Morgan fingerprint density at radius 3 is 2.21 bits per heavy atom. The molecule has 3 rings (SSSR count).